The quantitative estimate of drug-likeness (QED) is 0.885. The van der Waals surface area contributed by atoms with E-state index in [0.717, 1.165) is 9.21 Å². The van der Waals surface area contributed by atoms with Gasteiger partial charge in [0.15, 0.2) is 0 Å². The van der Waals surface area contributed by atoms with Crippen LogP contribution in [0, 0.1) is 0 Å². The lowest BCUT2D eigenvalue weighted by Crippen LogP contribution is -2.39. The second-order valence-electron chi connectivity index (χ2n) is 3.16. The number of carbonyl (C=O) groups is 1. The first-order valence-electron chi connectivity index (χ1n) is 4.32. The molecule has 1 rings (SSSR count). The van der Waals surface area contributed by atoms with E-state index < -0.39 is 6.04 Å². The fourth-order valence-corrected chi connectivity index (χ4v) is 2.04. The molecule has 1 aromatic rings. The highest BCUT2D eigenvalue weighted by molar-refractivity contribution is 7.16. The molecule has 0 radical (unpaired) electrons. The van der Waals surface area contributed by atoms with Crippen LogP contribution in [0.2, 0.25) is 4.34 Å². The van der Waals surface area contributed by atoms with Crippen LogP contribution in [-0.4, -0.2) is 11.9 Å². The topological polar surface area (TPSA) is 55.1 Å². The van der Waals surface area contributed by atoms with Gasteiger partial charge in [-0.15, -0.1) is 23.7 Å². The third-order valence-corrected chi connectivity index (χ3v) is 3.21. The van der Waals surface area contributed by atoms with Crippen molar-refractivity contribution in [3.8, 4) is 0 Å². The van der Waals surface area contributed by atoms with E-state index in [-0.39, 0.29) is 24.4 Å². The number of carbonyl (C=O) groups excluding carboxylic acids is 1. The number of amides is 1. The van der Waals surface area contributed by atoms with Crippen molar-refractivity contribution in [2.24, 2.45) is 5.73 Å². The largest absolute Gasteiger partial charge is 0.347 e. The van der Waals surface area contributed by atoms with E-state index in [9.17, 15) is 4.79 Å². The Morgan fingerprint density at radius 2 is 2.13 bits per heavy atom. The van der Waals surface area contributed by atoms with Gasteiger partial charge in [-0.25, -0.2) is 0 Å². The van der Waals surface area contributed by atoms with Crippen LogP contribution >= 0.6 is 35.3 Å². The maximum Gasteiger partial charge on any atom is 0.237 e. The van der Waals surface area contributed by atoms with Gasteiger partial charge in [0.25, 0.3) is 0 Å². The van der Waals surface area contributed by atoms with Crippen LogP contribution in [0.15, 0.2) is 12.1 Å². The Morgan fingerprint density at radius 3 is 2.53 bits per heavy atom. The molecule has 0 bridgehead atoms. The van der Waals surface area contributed by atoms with Gasteiger partial charge in [-0.05, 0) is 26.0 Å². The maximum atomic E-state index is 11.3. The lowest BCUT2D eigenvalue weighted by atomic mass is 10.2. The molecular weight excluding hydrogens is 255 g/mol. The third kappa shape index (κ3) is 4.38. The second kappa shape index (κ2) is 6.33. The zero-order chi connectivity index (χ0) is 10.7. The molecule has 3 N–H and O–H groups in total. The van der Waals surface area contributed by atoms with E-state index in [1.54, 1.807) is 6.92 Å². The molecule has 0 aliphatic rings. The van der Waals surface area contributed by atoms with Crippen LogP contribution in [0.1, 0.15) is 24.8 Å². The summed E-state index contributed by atoms with van der Waals surface area (Å²) in [6.07, 6.45) is 0. The first kappa shape index (κ1) is 14.7. The van der Waals surface area contributed by atoms with Gasteiger partial charge in [0.2, 0.25) is 5.91 Å². The molecule has 6 heteroatoms. The summed E-state index contributed by atoms with van der Waals surface area (Å²) in [5.41, 5.74) is 5.43. The van der Waals surface area contributed by atoms with Crippen LogP contribution < -0.4 is 11.1 Å². The van der Waals surface area contributed by atoms with Crippen LogP contribution in [0.4, 0.5) is 0 Å². The van der Waals surface area contributed by atoms with E-state index in [0.29, 0.717) is 0 Å². The molecule has 0 spiro atoms. The van der Waals surface area contributed by atoms with Gasteiger partial charge in [-0.1, -0.05) is 11.6 Å². The van der Waals surface area contributed by atoms with Crippen molar-refractivity contribution in [1.82, 2.24) is 5.32 Å². The number of thiophene rings is 1. The Labute approximate surface area is 104 Å². The number of halogens is 2. The van der Waals surface area contributed by atoms with Crippen molar-refractivity contribution < 1.29 is 4.79 Å². The van der Waals surface area contributed by atoms with Crippen molar-refractivity contribution >= 4 is 41.3 Å². The fourth-order valence-electron chi connectivity index (χ4n) is 0.977. The lowest BCUT2D eigenvalue weighted by molar-refractivity contribution is -0.122. The van der Waals surface area contributed by atoms with Crippen LogP contribution in [-0.2, 0) is 4.79 Å². The number of nitrogens with two attached hydrogens (primary N) is 1. The van der Waals surface area contributed by atoms with Gasteiger partial charge in [-0.2, -0.15) is 0 Å². The molecule has 0 saturated heterocycles. The van der Waals surface area contributed by atoms with Crippen molar-refractivity contribution in [2.75, 3.05) is 0 Å². The van der Waals surface area contributed by atoms with Gasteiger partial charge in [0.05, 0.1) is 16.4 Å². The number of nitrogens with one attached hydrogen (secondary N) is 1. The van der Waals surface area contributed by atoms with Crippen molar-refractivity contribution in [3.05, 3.63) is 21.3 Å². The second-order valence-corrected chi connectivity index (χ2v) is 4.91. The minimum Gasteiger partial charge on any atom is -0.347 e. The molecule has 0 aliphatic carbocycles. The first-order chi connectivity index (χ1) is 6.50. The summed E-state index contributed by atoms with van der Waals surface area (Å²) in [5.74, 6) is -0.151. The monoisotopic (exact) mass is 268 g/mol. The summed E-state index contributed by atoms with van der Waals surface area (Å²) >= 11 is 7.24. The normalized spacial score (nSPS) is 13.9. The molecule has 1 aromatic heterocycles. The van der Waals surface area contributed by atoms with E-state index in [2.05, 4.69) is 5.32 Å². The summed E-state index contributed by atoms with van der Waals surface area (Å²) in [7, 11) is 0. The molecule has 15 heavy (non-hydrogen) atoms. The van der Waals surface area contributed by atoms with Crippen LogP contribution in [0.3, 0.4) is 0 Å². The molecule has 1 unspecified atom stereocenters. The highest BCUT2D eigenvalue weighted by Crippen LogP contribution is 2.26. The van der Waals surface area contributed by atoms with E-state index >= 15 is 0 Å². The zero-order valence-corrected chi connectivity index (χ0v) is 10.9. The summed E-state index contributed by atoms with van der Waals surface area (Å²) in [5, 5.41) is 2.80. The van der Waals surface area contributed by atoms with Crippen molar-refractivity contribution in [1.29, 1.82) is 0 Å². The summed E-state index contributed by atoms with van der Waals surface area (Å²) in [6.45, 7) is 3.56. The molecule has 1 amide bonds. The average Bonchev–Trinajstić information content (AvgIpc) is 2.51. The van der Waals surface area contributed by atoms with Gasteiger partial charge in [0, 0.05) is 4.88 Å². The number of rotatable bonds is 3. The minimum atomic E-state index is -0.479. The predicted molar refractivity (Wildman–Crippen MR) is 66.8 cm³/mol. The van der Waals surface area contributed by atoms with Gasteiger partial charge < -0.3 is 11.1 Å². The van der Waals surface area contributed by atoms with E-state index in [4.69, 9.17) is 17.3 Å². The highest BCUT2D eigenvalue weighted by atomic mass is 35.5. The Hall–Kier alpha value is -0.290. The standard InChI is InChI=1S/C9H13ClN2OS.ClH/c1-5(11)9(13)12-6(2)7-3-4-8(10)14-7;/h3-6H,11H2,1-2H3,(H,12,13);1H/t5-,6?;/m1./s1. The van der Waals surface area contributed by atoms with Gasteiger partial charge >= 0.3 is 0 Å². The fraction of sp³-hybridized carbons (Fsp3) is 0.444. The zero-order valence-electron chi connectivity index (χ0n) is 8.49. The van der Waals surface area contributed by atoms with Gasteiger partial charge in [0.1, 0.15) is 0 Å². The van der Waals surface area contributed by atoms with Crippen molar-refractivity contribution in [3.63, 3.8) is 0 Å². The lowest BCUT2D eigenvalue weighted by Gasteiger charge is -2.13. The summed E-state index contributed by atoms with van der Waals surface area (Å²) in [6, 6.07) is 3.20. The Kier molecular flexibility index (Phi) is 6.20. The highest BCUT2D eigenvalue weighted by Gasteiger charge is 2.13. The first-order valence-corrected chi connectivity index (χ1v) is 5.51. The molecule has 0 saturated carbocycles. The van der Waals surface area contributed by atoms with E-state index in [1.807, 2.05) is 19.1 Å². The number of hydrogen-bond donors (Lipinski definition) is 2. The molecule has 86 valence electrons. The average molecular weight is 269 g/mol. The van der Waals surface area contributed by atoms with Crippen molar-refractivity contribution in [2.45, 2.75) is 25.9 Å². The summed E-state index contributed by atoms with van der Waals surface area (Å²) < 4.78 is 0.724. The Bertz CT molecular complexity index is 328. The molecule has 0 aliphatic heterocycles. The molecule has 2 atom stereocenters. The third-order valence-electron chi connectivity index (χ3n) is 1.79. The smallest absolute Gasteiger partial charge is 0.237 e. The molecule has 3 nitrogen and oxygen atoms in total. The number of hydrogen-bond acceptors (Lipinski definition) is 3. The van der Waals surface area contributed by atoms with Crippen LogP contribution in [0.5, 0.6) is 0 Å². The predicted octanol–water partition coefficient (Wildman–Crippen LogP) is 2.35. The van der Waals surface area contributed by atoms with Crippen LogP contribution in [0.25, 0.3) is 0 Å². The SMILES string of the molecule is CC(NC(=O)[C@@H](C)N)c1ccc(Cl)s1.Cl. The minimum absolute atomic E-state index is 0. The van der Waals surface area contributed by atoms with Gasteiger partial charge in [-0.3, -0.25) is 4.79 Å². The Balaban J connectivity index is 0.00000196. The molecule has 0 fully saturated rings. The molecule has 0 aromatic carbocycles. The Morgan fingerprint density at radius 1 is 1.53 bits per heavy atom. The maximum absolute atomic E-state index is 11.3. The summed E-state index contributed by atoms with van der Waals surface area (Å²) in [4.78, 5) is 12.3. The van der Waals surface area contributed by atoms with E-state index in [1.165, 1.54) is 11.3 Å². The molecule has 1 heterocycles. The molecular formula is C9H14Cl2N2OS.